The van der Waals surface area contributed by atoms with Gasteiger partial charge < -0.3 is 14.5 Å². The minimum atomic E-state index is -0.631. The number of rotatable bonds is 8. The van der Waals surface area contributed by atoms with E-state index in [1.54, 1.807) is 57.5 Å². The van der Waals surface area contributed by atoms with Crippen molar-refractivity contribution in [3.8, 4) is 0 Å². The van der Waals surface area contributed by atoms with E-state index in [2.05, 4.69) is 0 Å². The molecule has 6 nitrogen and oxygen atoms in total. The molecule has 0 heterocycles. The smallest absolute Gasteiger partial charge is 0.339 e. The van der Waals surface area contributed by atoms with Crippen LogP contribution in [0.4, 0.5) is 4.39 Å². The first-order valence-corrected chi connectivity index (χ1v) is 9.84. The highest BCUT2D eigenvalue weighted by atomic mass is 32.2. The Labute approximate surface area is 173 Å². The molecule has 0 unspecified atom stereocenters. The summed E-state index contributed by atoms with van der Waals surface area (Å²) in [6.07, 6.45) is 0. The van der Waals surface area contributed by atoms with Crippen LogP contribution < -0.4 is 0 Å². The number of nitrogens with zero attached hydrogens (tertiary/aromatic N) is 2. The van der Waals surface area contributed by atoms with Crippen LogP contribution in [0.25, 0.3) is 0 Å². The van der Waals surface area contributed by atoms with Gasteiger partial charge in [-0.1, -0.05) is 24.3 Å². The second-order valence-electron chi connectivity index (χ2n) is 6.53. The second kappa shape index (κ2) is 10.6. The summed E-state index contributed by atoms with van der Waals surface area (Å²) < 4.78 is 18.1. The number of hydrogen-bond acceptors (Lipinski definition) is 5. The molecule has 0 atom stereocenters. The van der Waals surface area contributed by atoms with Gasteiger partial charge >= 0.3 is 5.97 Å². The summed E-state index contributed by atoms with van der Waals surface area (Å²) >= 11 is 1.24. The highest BCUT2D eigenvalue weighted by molar-refractivity contribution is 8.00. The molecule has 2 aromatic carbocycles. The summed E-state index contributed by atoms with van der Waals surface area (Å²) in [5, 5.41) is 0. The minimum absolute atomic E-state index is 0.0734. The number of amides is 2. The monoisotopic (exact) mass is 418 g/mol. The third kappa shape index (κ3) is 6.90. The summed E-state index contributed by atoms with van der Waals surface area (Å²) in [7, 11) is 4.91. The van der Waals surface area contributed by atoms with Crippen molar-refractivity contribution < 1.29 is 23.5 Å². The maximum atomic E-state index is 13.0. The molecule has 0 fully saturated rings. The van der Waals surface area contributed by atoms with Gasteiger partial charge in [-0.05, 0) is 29.8 Å². The van der Waals surface area contributed by atoms with Gasteiger partial charge in [-0.15, -0.1) is 11.8 Å². The molecule has 0 bridgehead atoms. The van der Waals surface area contributed by atoms with Gasteiger partial charge in [0.1, 0.15) is 5.82 Å². The first-order chi connectivity index (χ1) is 13.8. The molecule has 0 aliphatic heterocycles. The van der Waals surface area contributed by atoms with Gasteiger partial charge in [0.2, 0.25) is 5.91 Å². The van der Waals surface area contributed by atoms with Crippen LogP contribution in [0.2, 0.25) is 0 Å². The summed E-state index contributed by atoms with van der Waals surface area (Å²) in [5.41, 5.74) is 1.07. The molecule has 8 heteroatoms. The Kier molecular flexibility index (Phi) is 8.21. The van der Waals surface area contributed by atoms with Crippen LogP contribution in [0.1, 0.15) is 15.9 Å². The van der Waals surface area contributed by atoms with Crippen molar-refractivity contribution >= 4 is 29.5 Å². The Hall–Kier alpha value is -2.87. The third-order valence-corrected chi connectivity index (χ3v) is 5.10. The van der Waals surface area contributed by atoms with Gasteiger partial charge in [0.25, 0.3) is 5.91 Å². The van der Waals surface area contributed by atoms with Crippen LogP contribution in [0, 0.1) is 5.82 Å². The van der Waals surface area contributed by atoms with Gasteiger partial charge in [-0.2, -0.15) is 0 Å². The van der Waals surface area contributed by atoms with Crippen molar-refractivity contribution in [2.75, 3.05) is 33.5 Å². The number of carbonyl (C=O) groups excluding carboxylic acids is 3. The van der Waals surface area contributed by atoms with Crippen LogP contribution in [-0.2, 0) is 20.9 Å². The van der Waals surface area contributed by atoms with E-state index in [4.69, 9.17) is 4.74 Å². The molecule has 29 heavy (non-hydrogen) atoms. The van der Waals surface area contributed by atoms with Crippen LogP contribution in [0.15, 0.2) is 53.4 Å². The van der Waals surface area contributed by atoms with E-state index in [1.807, 2.05) is 0 Å². The Morgan fingerprint density at radius 2 is 1.62 bits per heavy atom. The molecular formula is C21H23FN2O4S. The largest absolute Gasteiger partial charge is 0.452 e. The Morgan fingerprint density at radius 3 is 2.28 bits per heavy atom. The predicted octanol–water partition coefficient (Wildman–Crippen LogP) is 2.82. The fraction of sp³-hybridized carbons (Fsp3) is 0.286. The minimum Gasteiger partial charge on any atom is -0.452 e. The highest BCUT2D eigenvalue weighted by Gasteiger charge is 2.17. The van der Waals surface area contributed by atoms with Gasteiger partial charge in [-0.3, -0.25) is 9.59 Å². The van der Waals surface area contributed by atoms with E-state index in [9.17, 15) is 18.8 Å². The lowest BCUT2D eigenvalue weighted by atomic mass is 10.2. The summed E-state index contributed by atoms with van der Waals surface area (Å²) in [6.45, 7) is -0.137. The standard InChI is InChI=1S/C21H23FN2O4S/c1-23(2)20(26)14-29-18-7-5-4-6-17(18)21(27)28-13-19(25)24(3)12-15-8-10-16(22)11-9-15/h4-11H,12-14H2,1-3H3. The fourth-order valence-corrected chi connectivity index (χ4v) is 3.32. The number of ether oxygens (including phenoxy) is 1. The topological polar surface area (TPSA) is 66.9 Å². The molecule has 154 valence electrons. The van der Waals surface area contributed by atoms with Crippen LogP contribution in [-0.4, -0.2) is 61.1 Å². The normalized spacial score (nSPS) is 10.3. The van der Waals surface area contributed by atoms with Gasteiger partial charge in [0.05, 0.1) is 11.3 Å². The Bertz CT molecular complexity index is 871. The third-order valence-electron chi connectivity index (χ3n) is 4.04. The van der Waals surface area contributed by atoms with E-state index in [-0.39, 0.29) is 29.9 Å². The maximum Gasteiger partial charge on any atom is 0.339 e. The fourth-order valence-electron chi connectivity index (χ4n) is 2.30. The number of likely N-dealkylation sites (N-methyl/N-ethyl adjacent to an activating group) is 1. The first-order valence-electron chi connectivity index (χ1n) is 8.85. The highest BCUT2D eigenvalue weighted by Crippen LogP contribution is 2.23. The zero-order valence-electron chi connectivity index (χ0n) is 16.6. The zero-order chi connectivity index (χ0) is 21.4. The molecular weight excluding hydrogens is 395 g/mol. The number of hydrogen-bond donors (Lipinski definition) is 0. The Balaban J connectivity index is 1.92. The lowest BCUT2D eigenvalue weighted by molar-refractivity contribution is -0.133. The molecule has 0 saturated heterocycles. The van der Waals surface area contributed by atoms with Crippen LogP contribution in [0.5, 0.6) is 0 Å². The van der Waals surface area contributed by atoms with Crippen molar-refractivity contribution in [3.05, 3.63) is 65.5 Å². The van der Waals surface area contributed by atoms with E-state index in [1.165, 1.54) is 33.7 Å². The van der Waals surface area contributed by atoms with Crippen molar-refractivity contribution in [3.63, 3.8) is 0 Å². The summed E-state index contributed by atoms with van der Waals surface area (Å²) in [6, 6.07) is 12.6. The van der Waals surface area contributed by atoms with E-state index in [0.717, 1.165) is 5.56 Å². The molecule has 0 saturated carbocycles. The molecule has 0 radical (unpaired) electrons. The SMILES string of the molecule is CN(C)C(=O)CSc1ccccc1C(=O)OCC(=O)N(C)Cc1ccc(F)cc1. The molecule has 0 aliphatic carbocycles. The zero-order valence-corrected chi connectivity index (χ0v) is 17.4. The number of benzene rings is 2. The van der Waals surface area contributed by atoms with E-state index in [0.29, 0.717) is 10.5 Å². The lowest BCUT2D eigenvalue weighted by Crippen LogP contribution is -2.30. The molecule has 2 amide bonds. The summed E-state index contributed by atoms with van der Waals surface area (Å²) in [4.78, 5) is 39.9. The van der Waals surface area contributed by atoms with Crippen LogP contribution in [0.3, 0.4) is 0 Å². The molecule has 2 rings (SSSR count). The molecule has 0 N–H and O–H groups in total. The number of thioether (sulfide) groups is 1. The second-order valence-corrected chi connectivity index (χ2v) is 7.54. The molecule has 2 aromatic rings. The number of esters is 1. The first kappa shape index (κ1) is 22.4. The van der Waals surface area contributed by atoms with Crippen molar-refractivity contribution in [2.45, 2.75) is 11.4 Å². The number of halogens is 1. The van der Waals surface area contributed by atoms with E-state index < -0.39 is 12.6 Å². The quantitative estimate of drug-likeness (QED) is 0.487. The molecule has 0 spiro atoms. The van der Waals surface area contributed by atoms with Gasteiger partial charge in [-0.25, -0.2) is 9.18 Å². The van der Waals surface area contributed by atoms with E-state index >= 15 is 0 Å². The Morgan fingerprint density at radius 1 is 0.966 bits per heavy atom. The predicted molar refractivity (Wildman–Crippen MR) is 109 cm³/mol. The number of carbonyl (C=O) groups is 3. The van der Waals surface area contributed by atoms with Crippen molar-refractivity contribution in [1.82, 2.24) is 9.80 Å². The van der Waals surface area contributed by atoms with Gasteiger partial charge in [0, 0.05) is 32.6 Å². The van der Waals surface area contributed by atoms with Crippen LogP contribution >= 0.6 is 11.8 Å². The van der Waals surface area contributed by atoms with Crippen molar-refractivity contribution in [2.24, 2.45) is 0 Å². The lowest BCUT2D eigenvalue weighted by Gasteiger charge is -2.17. The average molecular weight is 418 g/mol. The maximum absolute atomic E-state index is 13.0. The molecule has 0 aliphatic rings. The van der Waals surface area contributed by atoms with Gasteiger partial charge in [0.15, 0.2) is 6.61 Å². The average Bonchev–Trinajstić information content (AvgIpc) is 2.71. The molecule has 0 aromatic heterocycles. The van der Waals surface area contributed by atoms with Crippen molar-refractivity contribution in [1.29, 1.82) is 0 Å². The summed E-state index contributed by atoms with van der Waals surface area (Å²) in [5.74, 6) is -1.24.